The van der Waals surface area contributed by atoms with Crippen LogP contribution in [0, 0.1) is 5.92 Å². The molecule has 266 valence electrons. The third-order valence-electron chi connectivity index (χ3n) is 7.80. The van der Waals surface area contributed by atoms with E-state index in [-0.39, 0.29) is 42.1 Å². The van der Waals surface area contributed by atoms with Gasteiger partial charge in [0.2, 0.25) is 11.9 Å². The third kappa shape index (κ3) is 7.39. The van der Waals surface area contributed by atoms with E-state index in [9.17, 15) is 32.6 Å². The minimum Gasteiger partial charge on any atom is -0.394 e. The van der Waals surface area contributed by atoms with Gasteiger partial charge in [0.25, 0.3) is 5.56 Å². The molecule has 8 atom stereocenters. The van der Waals surface area contributed by atoms with Gasteiger partial charge >= 0.3 is 18.6 Å². The first-order valence-electron chi connectivity index (χ1n) is 14.9. The van der Waals surface area contributed by atoms with Crippen LogP contribution in [0.5, 0.6) is 0 Å². The molecule has 2 aliphatic rings. The number of ether oxygens (including phenoxy) is 2. The highest BCUT2D eigenvalue weighted by molar-refractivity contribution is 7.84. The number of amides is 1. The lowest BCUT2D eigenvalue weighted by Crippen LogP contribution is -2.36. The summed E-state index contributed by atoms with van der Waals surface area (Å²) in [7, 11) is -8.19. The van der Waals surface area contributed by atoms with Crippen LogP contribution in [0.3, 0.4) is 0 Å². The number of imidazole rings is 2. The lowest BCUT2D eigenvalue weighted by atomic mass is 10.1. The Morgan fingerprint density at radius 2 is 1.96 bits per heavy atom. The molecule has 6 heterocycles. The van der Waals surface area contributed by atoms with E-state index in [1.165, 1.54) is 34.3 Å². The van der Waals surface area contributed by atoms with Crippen LogP contribution in [0.2, 0.25) is 0 Å². The van der Waals surface area contributed by atoms with Crippen molar-refractivity contribution in [2.24, 2.45) is 5.92 Å². The maximum absolute atomic E-state index is 15.6. The summed E-state index contributed by atoms with van der Waals surface area (Å²) >= 11 is 0. The Morgan fingerprint density at radius 1 is 1.20 bits per heavy atom. The molecule has 5 N–H and O–H groups in total. The number of H-pyrrole nitrogens is 1. The van der Waals surface area contributed by atoms with Crippen molar-refractivity contribution in [3.63, 3.8) is 0 Å². The van der Waals surface area contributed by atoms with Crippen LogP contribution in [0.4, 0.5) is 10.3 Å². The number of nitrogens with zero attached hydrogens (tertiary/aromatic N) is 7. The van der Waals surface area contributed by atoms with Gasteiger partial charge in [0.15, 0.2) is 35.4 Å². The molecule has 2 fully saturated rings. The van der Waals surface area contributed by atoms with Gasteiger partial charge in [-0.15, -0.1) is 0 Å². The van der Waals surface area contributed by atoms with Crippen molar-refractivity contribution in [3.05, 3.63) is 35.5 Å². The van der Waals surface area contributed by atoms with Crippen molar-refractivity contribution in [2.45, 2.75) is 69.7 Å². The highest BCUT2D eigenvalue weighted by Crippen LogP contribution is 2.40. The number of aromatic amines is 1. The summed E-state index contributed by atoms with van der Waals surface area (Å²) in [5.74, 6) is -1.01. The van der Waals surface area contributed by atoms with Gasteiger partial charge in [-0.3, -0.25) is 33.6 Å². The SMILES string of the molecule is CC(C)C(=O)Nc1nc2c(ncn2[C@@H]2O[C@H](CO)C[C@H]2OS(=O)(=O)NCC[C@H]2O[C@@H](n3cnc4cncnc43)[C@H](F)[C@@H]2O[PH](=O)O)c(=O)[nH]1. The topological polar surface area (TPSA) is 277 Å². The van der Waals surface area contributed by atoms with Crippen molar-refractivity contribution >= 4 is 52.7 Å². The number of carbonyl (C=O) groups is 1. The largest absolute Gasteiger partial charge is 0.394 e. The fraction of sp³-hybridized carbons (Fsp3) is 0.560. The summed E-state index contributed by atoms with van der Waals surface area (Å²) in [5, 5.41) is 12.3. The van der Waals surface area contributed by atoms with Crippen LogP contribution >= 0.6 is 8.25 Å². The number of aromatic nitrogens is 8. The highest BCUT2D eigenvalue weighted by atomic mass is 32.2. The number of rotatable bonds is 13. The van der Waals surface area contributed by atoms with E-state index >= 15 is 4.39 Å². The molecule has 2 aliphatic heterocycles. The Labute approximate surface area is 276 Å². The summed E-state index contributed by atoms with van der Waals surface area (Å²) in [6, 6.07) is 0. The van der Waals surface area contributed by atoms with E-state index < -0.39 is 85.6 Å². The molecule has 0 aromatic carbocycles. The maximum atomic E-state index is 15.6. The molecule has 4 aromatic rings. The summed E-state index contributed by atoms with van der Waals surface area (Å²) in [5.41, 5.74) is -0.268. The molecular formula is C25H32FN10O11PS. The molecule has 1 unspecified atom stereocenters. The summed E-state index contributed by atoms with van der Waals surface area (Å²) in [6.45, 7) is 2.42. The van der Waals surface area contributed by atoms with Gasteiger partial charge in [-0.1, -0.05) is 13.8 Å². The number of fused-ring (bicyclic) bond motifs is 2. The molecule has 2 saturated heterocycles. The Morgan fingerprint density at radius 3 is 2.69 bits per heavy atom. The van der Waals surface area contributed by atoms with Crippen LogP contribution in [0.15, 0.2) is 30.0 Å². The monoisotopic (exact) mass is 730 g/mol. The Balaban J connectivity index is 1.16. The van der Waals surface area contributed by atoms with E-state index in [0.29, 0.717) is 5.52 Å². The first-order chi connectivity index (χ1) is 23.3. The molecule has 4 aromatic heterocycles. The zero-order chi connectivity index (χ0) is 35.0. The van der Waals surface area contributed by atoms with Gasteiger partial charge in [-0.05, 0) is 6.42 Å². The lowest BCUT2D eigenvalue weighted by molar-refractivity contribution is -0.118. The number of aliphatic hydroxyl groups excluding tert-OH is 1. The van der Waals surface area contributed by atoms with E-state index in [4.69, 9.17) is 18.2 Å². The second kappa shape index (κ2) is 14.2. The number of carbonyl (C=O) groups excluding carboxylic acids is 1. The predicted octanol–water partition coefficient (Wildman–Crippen LogP) is -0.554. The highest BCUT2D eigenvalue weighted by Gasteiger charge is 2.48. The standard InChI is InChI=1S/C25H32FN10O11PS/c1-11(2)21(38)33-25-32-20-17(22(39)34-25)30-10-36(20)23-15(5-12(7-37)44-23)47-49(42,43)31-4-3-14-18(46-48(40)41)16(26)24(45-14)35-9-29-13-6-27-8-28-19(13)35/h6,8-12,14-16,18,23-24,31,37,48H,3-5,7H2,1-2H3,(H,40,41)(H2,32,33,34,38,39)/t12-,14+,15+,16+,18+,23+,24+/m0/s1. The molecule has 0 spiro atoms. The number of nitrogens with one attached hydrogen (secondary N) is 3. The number of anilines is 1. The van der Waals surface area contributed by atoms with Gasteiger partial charge < -0.3 is 24.0 Å². The smallest absolute Gasteiger partial charge is 0.336 e. The molecule has 49 heavy (non-hydrogen) atoms. The lowest BCUT2D eigenvalue weighted by Gasteiger charge is -2.21. The summed E-state index contributed by atoms with van der Waals surface area (Å²) in [6.07, 6.45) is -4.60. The number of halogens is 1. The molecule has 0 aliphatic carbocycles. The maximum Gasteiger partial charge on any atom is 0.336 e. The first-order valence-corrected chi connectivity index (χ1v) is 17.6. The van der Waals surface area contributed by atoms with E-state index in [0.717, 1.165) is 0 Å². The number of alkyl halides is 1. The Bertz CT molecular complexity index is 2030. The molecule has 0 radical (unpaired) electrons. The number of hydrogen-bond donors (Lipinski definition) is 5. The van der Waals surface area contributed by atoms with Crippen LogP contribution in [0.25, 0.3) is 22.3 Å². The second-order valence-corrected chi connectivity index (χ2v) is 13.6. The zero-order valence-corrected chi connectivity index (χ0v) is 27.6. The minimum absolute atomic E-state index is 0.0506. The number of hydrogen-bond acceptors (Lipinski definition) is 15. The van der Waals surface area contributed by atoms with Gasteiger partial charge in [-0.2, -0.15) is 18.1 Å². The molecule has 0 bridgehead atoms. The van der Waals surface area contributed by atoms with Crippen molar-refractivity contribution in [3.8, 4) is 0 Å². The second-order valence-electron chi connectivity index (χ2n) is 11.5. The summed E-state index contributed by atoms with van der Waals surface area (Å²) < 4.78 is 80.1. The van der Waals surface area contributed by atoms with E-state index in [2.05, 4.69) is 39.9 Å². The van der Waals surface area contributed by atoms with Gasteiger partial charge in [0.1, 0.15) is 24.1 Å². The minimum atomic E-state index is -4.56. The first kappa shape index (κ1) is 35.0. The normalized spacial score (nSPS) is 26.6. The average Bonchev–Trinajstić information content (AvgIpc) is 3.82. The average molecular weight is 731 g/mol. The zero-order valence-electron chi connectivity index (χ0n) is 25.7. The molecular weight excluding hydrogens is 698 g/mol. The van der Waals surface area contributed by atoms with E-state index in [1.54, 1.807) is 13.8 Å². The van der Waals surface area contributed by atoms with Crippen LogP contribution < -0.4 is 15.6 Å². The Kier molecular flexibility index (Phi) is 10.2. The Hall–Kier alpha value is -3.80. The molecule has 6 rings (SSSR count). The molecule has 0 saturated carbocycles. The van der Waals surface area contributed by atoms with Crippen molar-refractivity contribution in [2.75, 3.05) is 18.5 Å². The predicted molar refractivity (Wildman–Crippen MR) is 164 cm³/mol. The van der Waals surface area contributed by atoms with Crippen molar-refractivity contribution < 1.29 is 50.3 Å². The molecule has 24 heteroatoms. The van der Waals surface area contributed by atoms with E-state index in [1.807, 2.05) is 0 Å². The van der Waals surface area contributed by atoms with Crippen molar-refractivity contribution in [1.82, 2.24) is 43.8 Å². The van der Waals surface area contributed by atoms with Crippen LogP contribution in [-0.2, 0) is 37.8 Å². The quantitative estimate of drug-likeness (QED) is 0.108. The van der Waals surface area contributed by atoms with Crippen LogP contribution in [-0.4, -0.2) is 107 Å². The molecule has 21 nitrogen and oxygen atoms in total. The number of aliphatic hydroxyl groups is 1. The van der Waals surface area contributed by atoms with Gasteiger partial charge in [0.05, 0.1) is 37.7 Å². The van der Waals surface area contributed by atoms with Crippen LogP contribution in [0.1, 0.15) is 39.1 Å². The molecule has 1 amide bonds. The van der Waals surface area contributed by atoms with Crippen molar-refractivity contribution in [1.29, 1.82) is 0 Å². The van der Waals surface area contributed by atoms with Gasteiger partial charge in [0, 0.05) is 18.9 Å². The fourth-order valence-electron chi connectivity index (χ4n) is 5.50. The summed E-state index contributed by atoms with van der Waals surface area (Å²) in [4.78, 5) is 57.0. The van der Waals surface area contributed by atoms with Gasteiger partial charge in [-0.25, -0.2) is 28.5 Å². The third-order valence-corrected chi connectivity index (χ3v) is 9.33. The fourth-order valence-corrected chi connectivity index (χ4v) is 6.95.